The van der Waals surface area contributed by atoms with E-state index in [0.717, 1.165) is 11.5 Å². The quantitative estimate of drug-likeness (QED) is 0.183. The van der Waals surface area contributed by atoms with Crippen molar-refractivity contribution in [3.63, 3.8) is 0 Å². The molecule has 0 aromatic heterocycles. The minimum atomic E-state index is 1.14. The molecule has 4 aliphatic rings. The highest BCUT2D eigenvalue weighted by Crippen LogP contribution is 2.67. The van der Waals surface area contributed by atoms with E-state index in [1.54, 1.807) is 0 Å². The van der Waals surface area contributed by atoms with Gasteiger partial charge in [0.1, 0.15) is 0 Å². The Balaban J connectivity index is 1.30. The molecule has 0 fully saturated rings. The molecule has 0 saturated heterocycles. The third-order valence-electron chi connectivity index (χ3n) is 4.15. The van der Waals surface area contributed by atoms with Gasteiger partial charge in [-0.3, -0.25) is 0 Å². The summed E-state index contributed by atoms with van der Waals surface area (Å²) in [7, 11) is 0. The summed E-state index contributed by atoms with van der Waals surface area (Å²) in [6.07, 6.45) is 13.2. The van der Waals surface area contributed by atoms with E-state index in [1.165, 1.54) is 50.8 Å². The van der Waals surface area contributed by atoms with Crippen molar-refractivity contribution in [2.75, 3.05) is 49.0 Å². The summed E-state index contributed by atoms with van der Waals surface area (Å²) >= 11 is 31.2. The van der Waals surface area contributed by atoms with Crippen molar-refractivity contribution in [3.05, 3.63) is 50.8 Å². The first kappa shape index (κ1) is 32.9. The molecule has 0 amide bonds. The summed E-state index contributed by atoms with van der Waals surface area (Å²) in [5, 5.41) is 0. The Hall–Kier alpha value is 4.04. The topological polar surface area (TPSA) is 0 Å². The maximum absolute atomic E-state index is 2.22. The van der Waals surface area contributed by atoms with Crippen LogP contribution in [0.25, 0.3) is 0 Å². The van der Waals surface area contributed by atoms with Gasteiger partial charge in [-0.25, -0.2) is 0 Å². The van der Waals surface area contributed by atoms with Crippen molar-refractivity contribution in [1.82, 2.24) is 0 Å². The van der Waals surface area contributed by atoms with Gasteiger partial charge >= 0.3 is 0 Å². The lowest BCUT2D eigenvalue weighted by molar-refractivity contribution is 1.57. The molecule has 0 unspecified atom stereocenters. The van der Waals surface area contributed by atoms with Crippen LogP contribution in [0.4, 0.5) is 0 Å². The van der Waals surface area contributed by atoms with Crippen LogP contribution < -0.4 is 0 Å². The SMILES string of the molecule is CSC1=C(SC)SC(=C2SC(SC)=C(SCCSC3=C(SC)SC(=C4SC(SC)=C(SC)S4)S3)S2)S1. The molecule has 0 nitrogen and oxygen atoms in total. The first-order chi connectivity index (χ1) is 17.5. The first-order valence-corrected chi connectivity index (χ1v) is 25.8. The van der Waals surface area contributed by atoms with Crippen LogP contribution in [0.5, 0.6) is 0 Å². The third kappa shape index (κ3) is 8.35. The van der Waals surface area contributed by atoms with Gasteiger partial charge in [0, 0.05) is 11.5 Å². The molecular weight excluding hydrogens is 753 g/mol. The van der Waals surface area contributed by atoms with Crippen molar-refractivity contribution in [3.8, 4) is 0 Å². The van der Waals surface area contributed by atoms with Gasteiger partial charge in [-0.15, -0.1) is 94.1 Å². The molecular formula is C20H22S16. The fourth-order valence-corrected chi connectivity index (χ4v) is 24.2. The molecule has 0 aromatic rings. The zero-order valence-electron chi connectivity index (χ0n) is 19.9. The molecule has 4 heterocycles. The molecule has 0 radical (unpaired) electrons. The second-order valence-corrected chi connectivity index (χ2v) is 24.6. The first-order valence-electron chi connectivity index (χ1n) is 9.93. The fraction of sp³-hybridized carbons (Fsp3) is 0.400. The molecule has 0 spiro atoms. The van der Waals surface area contributed by atoms with Gasteiger partial charge < -0.3 is 0 Å². The van der Waals surface area contributed by atoms with Gasteiger partial charge in [0.15, 0.2) is 0 Å². The zero-order valence-corrected chi connectivity index (χ0v) is 33.0. The molecule has 198 valence electrons. The van der Waals surface area contributed by atoms with Crippen LogP contribution in [0, 0.1) is 0 Å². The van der Waals surface area contributed by atoms with Gasteiger partial charge in [-0.2, -0.15) is 0 Å². The van der Waals surface area contributed by atoms with E-state index in [0.29, 0.717) is 0 Å². The lowest BCUT2D eigenvalue weighted by Gasteiger charge is -2.05. The summed E-state index contributed by atoms with van der Waals surface area (Å²) < 4.78 is 17.6. The molecule has 0 N–H and O–H groups in total. The summed E-state index contributed by atoms with van der Waals surface area (Å²) in [6.45, 7) is 0. The highest BCUT2D eigenvalue weighted by Gasteiger charge is 2.31. The number of hydrogen-bond donors (Lipinski definition) is 0. The van der Waals surface area contributed by atoms with Crippen LogP contribution in [-0.2, 0) is 0 Å². The van der Waals surface area contributed by atoms with Gasteiger partial charge in [0.05, 0.1) is 50.8 Å². The van der Waals surface area contributed by atoms with Gasteiger partial charge in [0.2, 0.25) is 0 Å². The Labute approximate surface area is 283 Å². The molecule has 16 heteroatoms. The highest BCUT2D eigenvalue weighted by molar-refractivity contribution is 8.46. The maximum atomic E-state index is 2.22. The van der Waals surface area contributed by atoms with E-state index < -0.39 is 0 Å². The van der Waals surface area contributed by atoms with Crippen LogP contribution >= 0.6 is 188 Å². The third-order valence-corrected chi connectivity index (χ3v) is 26.6. The molecule has 0 aromatic carbocycles. The minimum Gasteiger partial charge on any atom is -0.121 e. The average molecular weight is 775 g/mol. The second-order valence-electron chi connectivity index (χ2n) is 6.19. The van der Waals surface area contributed by atoms with E-state index in [9.17, 15) is 0 Å². The summed E-state index contributed by atoms with van der Waals surface area (Å²) in [5.41, 5.74) is 0. The van der Waals surface area contributed by atoms with E-state index >= 15 is 0 Å². The Morgan fingerprint density at radius 1 is 0.333 bits per heavy atom. The zero-order chi connectivity index (χ0) is 25.7. The van der Waals surface area contributed by atoms with Gasteiger partial charge in [-0.1, -0.05) is 94.1 Å². The van der Waals surface area contributed by atoms with Crippen molar-refractivity contribution >= 4 is 188 Å². The Morgan fingerprint density at radius 2 is 0.528 bits per heavy atom. The van der Waals surface area contributed by atoms with Crippen LogP contribution in [0.2, 0.25) is 0 Å². The molecule has 0 aliphatic carbocycles. The Kier molecular flexibility index (Phi) is 15.3. The van der Waals surface area contributed by atoms with Crippen LogP contribution in [0.15, 0.2) is 50.8 Å². The van der Waals surface area contributed by atoms with Gasteiger partial charge in [0.25, 0.3) is 0 Å². The standard InChI is InChI=1S/C20H22S16/c1-21-9-10(22-2)30-17(29-9)19-33-13(25-5)15(35-19)27-7-8-28-16-14(26-6)34-20(36-16)18-31-11(23-3)12(24-4)32-18/h7-8H2,1-6H3. The monoisotopic (exact) mass is 774 g/mol. The van der Waals surface area contributed by atoms with Crippen molar-refractivity contribution < 1.29 is 0 Å². The number of rotatable bonds is 11. The normalized spacial score (nSPS) is 21.2. The number of hydrogen-bond acceptors (Lipinski definition) is 16. The minimum absolute atomic E-state index is 1.14. The molecule has 4 rings (SSSR count). The summed E-state index contributed by atoms with van der Waals surface area (Å²) in [5.74, 6) is 2.29. The average Bonchev–Trinajstić information content (AvgIpc) is 3.69. The Morgan fingerprint density at radius 3 is 0.750 bits per heavy atom. The fourth-order valence-electron chi connectivity index (χ4n) is 2.62. The Bertz CT molecular complexity index is 942. The largest absolute Gasteiger partial charge is 0.121 e. The van der Waals surface area contributed by atoms with Crippen LogP contribution in [-0.4, -0.2) is 49.0 Å². The smallest absolute Gasteiger partial charge is 0.0717 e. The molecule has 0 atom stereocenters. The molecule has 0 bridgehead atoms. The highest BCUT2D eigenvalue weighted by atomic mass is 32.3. The van der Waals surface area contributed by atoms with Crippen molar-refractivity contribution in [2.45, 2.75) is 0 Å². The molecule has 36 heavy (non-hydrogen) atoms. The van der Waals surface area contributed by atoms with Crippen molar-refractivity contribution in [1.29, 1.82) is 0 Å². The molecule has 4 aliphatic heterocycles. The lowest BCUT2D eigenvalue weighted by Crippen LogP contribution is -1.84. The number of thioether (sulfide) groups is 16. The molecule has 0 saturated carbocycles. The van der Waals surface area contributed by atoms with Crippen LogP contribution in [0.3, 0.4) is 0 Å². The van der Waals surface area contributed by atoms with E-state index in [1.807, 2.05) is 188 Å². The van der Waals surface area contributed by atoms with Gasteiger partial charge in [-0.05, 0) is 37.5 Å². The predicted octanol–water partition coefficient (Wildman–Crippen LogP) is 13.3. The maximum Gasteiger partial charge on any atom is 0.0717 e. The lowest BCUT2D eigenvalue weighted by atomic mass is 11.0. The van der Waals surface area contributed by atoms with Crippen LogP contribution in [0.1, 0.15) is 0 Å². The van der Waals surface area contributed by atoms with E-state index in [2.05, 4.69) is 37.5 Å². The second kappa shape index (κ2) is 16.8. The van der Waals surface area contributed by atoms with Crippen molar-refractivity contribution in [2.24, 2.45) is 0 Å². The predicted molar refractivity (Wildman–Crippen MR) is 209 cm³/mol. The van der Waals surface area contributed by atoms with E-state index in [4.69, 9.17) is 0 Å². The van der Waals surface area contributed by atoms with E-state index in [-0.39, 0.29) is 0 Å². The summed E-state index contributed by atoms with van der Waals surface area (Å²) in [6, 6.07) is 0. The summed E-state index contributed by atoms with van der Waals surface area (Å²) in [4.78, 5) is 0.